The zero-order valence-corrected chi connectivity index (χ0v) is 21.1. The van der Waals surface area contributed by atoms with Crippen LogP contribution in [0.2, 0.25) is 0 Å². The average Bonchev–Trinajstić information content (AvgIpc) is 2.89. The van der Waals surface area contributed by atoms with Gasteiger partial charge in [-0.1, -0.05) is 12.1 Å². The van der Waals surface area contributed by atoms with Crippen LogP contribution < -0.4 is 25.0 Å². The molecule has 2 aromatic carbocycles. The molecule has 1 saturated heterocycles. The van der Waals surface area contributed by atoms with E-state index in [2.05, 4.69) is 32.6 Å². The molecule has 2 aromatic rings. The third kappa shape index (κ3) is 5.91. The molecule has 2 aliphatic heterocycles. The first kappa shape index (κ1) is 25.4. The Morgan fingerprint density at radius 3 is 2.22 bits per heavy atom. The first-order valence-corrected chi connectivity index (χ1v) is 12.3. The molecule has 192 valence electrons. The fraction of sp³-hybridized carbons (Fsp3) is 0.407. The smallest absolute Gasteiger partial charge is 0.338 e. The molecule has 0 spiro atoms. The van der Waals surface area contributed by atoms with Gasteiger partial charge in [0, 0.05) is 44.1 Å². The van der Waals surface area contributed by atoms with Crippen LogP contribution in [0.4, 0.5) is 10.5 Å². The van der Waals surface area contributed by atoms with Crippen molar-refractivity contribution < 1.29 is 23.8 Å². The highest BCUT2D eigenvalue weighted by molar-refractivity contribution is 5.95. The Morgan fingerprint density at radius 2 is 1.61 bits per heavy atom. The zero-order chi connectivity index (χ0) is 25.5. The number of carbonyl (C=O) groups excluding carboxylic acids is 2. The largest absolute Gasteiger partial charge is 0.497 e. The van der Waals surface area contributed by atoms with Gasteiger partial charge in [-0.25, -0.2) is 9.59 Å². The number of rotatable bonds is 9. The lowest BCUT2D eigenvalue weighted by Crippen LogP contribution is -2.51. The Balaban J connectivity index is 1.52. The number of hydrogen-bond donors (Lipinski definition) is 2. The predicted molar refractivity (Wildman–Crippen MR) is 137 cm³/mol. The molecule has 9 heteroatoms. The van der Waals surface area contributed by atoms with Crippen molar-refractivity contribution in [1.29, 1.82) is 0 Å². The summed E-state index contributed by atoms with van der Waals surface area (Å²) in [5.74, 6) is 1.13. The number of nitrogens with one attached hydrogen (secondary N) is 2. The number of piperazine rings is 1. The van der Waals surface area contributed by atoms with Crippen LogP contribution in [0, 0.1) is 0 Å². The van der Waals surface area contributed by atoms with Crippen molar-refractivity contribution in [3.8, 4) is 11.5 Å². The molecule has 4 rings (SSSR count). The lowest BCUT2D eigenvalue weighted by molar-refractivity contribution is -0.139. The summed E-state index contributed by atoms with van der Waals surface area (Å²) in [6.45, 7) is 8.22. The number of nitrogens with zero attached hydrogens (tertiary/aromatic N) is 2. The molecule has 0 bridgehead atoms. The van der Waals surface area contributed by atoms with Crippen LogP contribution in [-0.4, -0.2) is 69.9 Å². The highest BCUT2D eigenvalue weighted by Gasteiger charge is 2.34. The van der Waals surface area contributed by atoms with Crippen molar-refractivity contribution in [1.82, 2.24) is 15.5 Å². The Kier molecular flexibility index (Phi) is 8.32. The number of esters is 1. The van der Waals surface area contributed by atoms with Crippen molar-refractivity contribution in [3.63, 3.8) is 0 Å². The Bertz CT molecular complexity index is 1080. The van der Waals surface area contributed by atoms with Crippen LogP contribution >= 0.6 is 0 Å². The van der Waals surface area contributed by atoms with Gasteiger partial charge in [0.1, 0.15) is 11.5 Å². The van der Waals surface area contributed by atoms with Gasteiger partial charge in [-0.15, -0.1) is 0 Å². The molecule has 1 atom stereocenters. The van der Waals surface area contributed by atoms with Gasteiger partial charge in [-0.3, -0.25) is 4.90 Å². The first-order valence-electron chi connectivity index (χ1n) is 12.3. The lowest BCUT2D eigenvalue weighted by atomic mass is 9.94. The van der Waals surface area contributed by atoms with Crippen LogP contribution in [0.5, 0.6) is 11.5 Å². The summed E-state index contributed by atoms with van der Waals surface area (Å²) < 4.78 is 16.2. The van der Waals surface area contributed by atoms with Crippen LogP contribution in [0.3, 0.4) is 0 Å². The molecule has 0 unspecified atom stereocenters. The number of anilines is 1. The van der Waals surface area contributed by atoms with E-state index >= 15 is 0 Å². The maximum atomic E-state index is 13.1. The third-order valence-corrected chi connectivity index (χ3v) is 6.37. The summed E-state index contributed by atoms with van der Waals surface area (Å²) in [6.07, 6.45) is 0. The molecular formula is C27H34N4O5. The van der Waals surface area contributed by atoms with Gasteiger partial charge in [0.2, 0.25) is 0 Å². The van der Waals surface area contributed by atoms with Gasteiger partial charge >= 0.3 is 12.0 Å². The molecule has 0 radical (unpaired) electrons. The fourth-order valence-electron chi connectivity index (χ4n) is 4.55. The average molecular weight is 495 g/mol. The molecule has 2 heterocycles. The van der Waals surface area contributed by atoms with E-state index in [9.17, 15) is 9.59 Å². The zero-order valence-electron chi connectivity index (χ0n) is 21.1. The maximum absolute atomic E-state index is 13.1. The molecule has 2 N–H and O–H groups in total. The second kappa shape index (κ2) is 11.8. The number of carbonyl (C=O) groups is 2. The summed E-state index contributed by atoms with van der Waals surface area (Å²) >= 11 is 0. The molecule has 9 nitrogen and oxygen atoms in total. The summed E-state index contributed by atoms with van der Waals surface area (Å²) in [7, 11) is 1.66. The normalized spacial score (nSPS) is 18.4. The molecule has 2 amide bonds. The SMILES string of the molecule is CCOC(=O)C1=C(CN2CCN(c3ccc(OC)cc3)CC2)NC(=O)N[C@@H]1c1ccc(OCC)cc1. The summed E-state index contributed by atoms with van der Waals surface area (Å²) in [6, 6.07) is 14.5. The Hall–Kier alpha value is -3.72. The number of ether oxygens (including phenoxy) is 3. The number of hydrogen-bond acceptors (Lipinski definition) is 7. The van der Waals surface area contributed by atoms with Crippen molar-refractivity contribution in [3.05, 3.63) is 65.4 Å². The fourth-order valence-corrected chi connectivity index (χ4v) is 4.55. The predicted octanol–water partition coefficient (Wildman–Crippen LogP) is 3.09. The van der Waals surface area contributed by atoms with Gasteiger partial charge in [-0.05, 0) is 55.8 Å². The first-order chi connectivity index (χ1) is 17.5. The van der Waals surface area contributed by atoms with E-state index in [0.717, 1.165) is 48.9 Å². The van der Waals surface area contributed by atoms with Gasteiger partial charge in [0.15, 0.2) is 0 Å². The molecule has 0 aromatic heterocycles. The topological polar surface area (TPSA) is 92.4 Å². The van der Waals surface area contributed by atoms with E-state index < -0.39 is 12.0 Å². The van der Waals surface area contributed by atoms with Crippen molar-refractivity contribution in [2.75, 3.05) is 57.9 Å². The van der Waals surface area contributed by atoms with Crippen molar-refractivity contribution in [2.45, 2.75) is 19.9 Å². The van der Waals surface area contributed by atoms with Gasteiger partial charge in [0.25, 0.3) is 0 Å². The molecule has 0 saturated carbocycles. The Labute approximate surface area is 212 Å². The number of amides is 2. The van der Waals surface area contributed by atoms with Gasteiger partial charge < -0.3 is 29.7 Å². The van der Waals surface area contributed by atoms with E-state index in [1.807, 2.05) is 43.3 Å². The minimum absolute atomic E-state index is 0.250. The van der Waals surface area contributed by atoms with E-state index in [0.29, 0.717) is 24.4 Å². The third-order valence-electron chi connectivity index (χ3n) is 6.37. The second-order valence-corrected chi connectivity index (χ2v) is 8.61. The molecule has 1 fully saturated rings. The number of benzene rings is 2. The summed E-state index contributed by atoms with van der Waals surface area (Å²) in [5, 5.41) is 5.77. The van der Waals surface area contributed by atoms with Crippen molar-refractivity contribution in [2.24, 2.45) is 0 Å². The van der Waals surface area contributed by atoms with E-state index in [-0.39, 0.29) is 12.6 Å². The molecule has 36 heavy (non-hydrogen) atoms. The van der Waals surface area contributed by atoms with Crippen LogP contribution in [0.15, 0.2) is 59.8 Å². The number of methoxy groups -OCH3 is 1. The monoisotopic (exact) mass is 494 g/mol. The number of urea groups is 1. The minimum Gasteiger partial charge on any atom is -0.497 e. The summed E-state index contributed by atoms with van der Waals surface area (Å²) in [5.41, 5.74) is 2.94. The lowest BCUT2D eigenvalue weighted by Gasteiger charge is -2.38. The van der Waals surface area contributed by atoms with E-state index in [1.54, 1.807) is 14.0 Å². The standard InChI is InChI=1S/C27H34N4O5/c1-4-35-22-10-6-19(7-11-22)25-24(26(32)36-5-2)23(28-27(33)29-25)18-30-14-16-31(17-15-30)20-8-12-21(34-3)13-9-20/h6-13,25H,4-5,14-18H2,1-3H3,(H2,28,29,33)/t25-/m1/s1. The maximum Gasteiger partial charge on any atom is 0.338 e. The molecule has 0 aliphatic carbocycles. The second-order valence-electron chi connectivity index (χ2n) is 8.61. The Morgan fingerprint density at radius 1 is 0.944 bits per heavy atom. The molecule has 2 aliphatic rings. The van der Waals surface area contributed by atoms with Crippen LogP contribution in [0.1, 0.15) is 25.5 Å². The quantitative estimate of drug-likeness (QED) is 0.518. The van der Waals surface area contributed by atoms with Gasteiger partial charge in [0.05, 0.1) is 31.9 Å². The minimum atomic E-state index is -0.607. The van der Waals surface area contributed by atoms with Gasteiger partial charge in [-0.2, -0.15) is 0 Å². The van der Waals surface area contributed by atoms with Crippen LogP contribution in [0.25, 0.3) is 0 Å². The summed E-state index contributed by atoms with van der Waals surface area (Å²) in [4.78, 5) is 30.2. The highest BCUT2D eigenvalue weighted by atomic mass is 16.5. The van der Waals surface area contributed by atoms with Crippen molar-refractivity contribution >= 4 is 17.7 Å². The van der Waals surface area contributed by atoms with Crippen LogP contribution in [-0.2, 0) is 9.53 Å². The van der Waals surface area contributed by atoms with E-state index in [4.69, 9.17) is 14.2 Å². The highest BCUT2D eigenvalue weighted by Crippen LogP contribution is 2.30. The van der Waals surface area contributed by atoms with E-state index in [1.165, 1.54) is 0 Å². The molecular weight excluding hydrogens is 460 g/mol.